The van der Waals surface area contributed by atoms with Crippen LogP contribution in [-0.2, 0) is 21.4 Å². The fourth-order valence-electron chi connectivity index (χ4n) is 3.11. The molecule has 0 bridgehead atoms. The number of amides is 1. The van der Waals surface area contributed by atoms with Gasteiger partial charge in [0.15, 0.2) is 0 Å². The second-order valence-electron chi connectivity index (χ2n) is 5.83. The minimum Gasteiger partial charge on any atom is -0.332 e. The Morgan fingerprint density at radius 2 is 2.27 bits per heavy atom. The molecule has 1 fully saturated rings. The lowest BCUT2D eigenvalue weighted by Gasteiger charge is -2.41. The highest BCUT2D eigenvalue weighted by Crippen LogP contribution is 2.37. The lowest BCUT2D eigenvalue weighted by atomic mass is 9.76. The molecule has 120 valence electrons. The molecule has 7 nitrogen and oxygen atoms in total. The van der Waals surface area contributed by atoms with E-state index in [1.165, 1.54) is 16.7 Å². The molecule has 1 aromatic heterocycles. The molecule has 2 aliphatic heterocycles. The molecule has 8 heteroatoms. The average molecular weight is 324 g/mol. The molecule has 1 amide bonds. The van der Waals surface area contributed by atoms with Crippen molar-refractivity contribution in [2.45, 2.75) is 37.6 Å². The van der Waals surface area contributed by atoms with Crippen molar-refractivity contribution in [2.24, 2.45) is 5.41 Å². The second-order valence-corrected chi connectivity index (χ2v) is 7.77. The zero-order valence-electron chi connectivity index (χ0n) is 12.5. The molecule has 3 heterocycles. The number of sulfonamides is 1. The van der Waals surface area contributed by atoms with Gasteiger partial charge in [0.25, 0.3) is 0 Å². The fourth-order valence-corrected chi connectivity index (χ4v) is 4.63. The zero-order valence-corrected chi connectivity index (χ0v) is 13.3. The number of nitrogens with zero attached hydrogens (tertiary/aromatic N) is 3. The van der Waals surface area contributed by atoms with E-state index in [0.29, 0.717) is 32.4 Å². The Morgan fingerprint density at radius 3 is 2.95 bits per heavy atom. The van der Waals surface area contributed by atoms with Crippen molar-refractivity contribution in [1.29, 1.82) is 0 Å². The molecule has 0 aromatic carbocycles. The van der Waals surface area contributed by atoms with Crippen LogP contribution in [0.2, 0.25) is 0 Å². The van der Waals surface area contributed by atoms with Gasteiger partial charge in [-0.25, -0.2) is 8.42 Å². The molecule has 2 aliphatic rings. The highest BCUT2D eigenvalue weighted by atomic mass is 32.2. The summed E-state index contributed by atoms with van der Waals surface area (Å²) in [6.45, 7) is 3.19. The van der Waals surface area contributed by atoms with Gasteiger partial charge in [0.1, 0.15) is 4.90 Å². The van der Waals surface area contributed by atoms with Crippen LogP contribution < -0.4 is 5.32 Å². The van der Waals surface area contributed by atoms with Gasteiger partial charge in [-0.3, -0.25) is 9.48 Å². The Bertz CT molecular complexity index is 709. The summed E-state index contributed by atoms with van der Waals surface area (Å²) in [5.41, 5.74) is -0.638. The molecule has 0 radical (unpaired) electrons. The highest BCUT2D eigenvalue weighted by molar-refractivity contribution is 7.89. The predicted octanol–water partition coefficient (Wildman–Crippen LogP) is 0.707. The summed E-state index contributed by atoms with van der Waals surface area (Å²) in [7, 11) is -3.60. The molecule has 1 aromatic rings. The molecule has 22 heavy (non-hydrogen) atoms. The number of carbonyl (C=O) groups excluding carboxylic acids is 1. The number of rotatable bonds is 3. The van der Waals surface area contributed by atoms with E-state index < -0.39 is 15.4 Å². The van der Waals surface area contributed by atoms with Gasteiger partial charge in [-0.05, 0) is 32.4 Å². The van der Waals surface area contributed by atoms with Crippen LogP contribution in [0.5, 0.6) is 0 Å². The topological polar surface area (TPSA) is 84.3 Å². The first-order chi connectivity index (χ1) is 10.5. The first-order valence-corrected chi connectivity index (χ1v) is 8.90. The summed E-state index contributed by atoms with van der Waals surface area (Å²) < 4.78 is 28.6. The van der Waals surface area contributed by atoms with Gasteiger partial charge in [0.05, 0.1) is 11.6 Å². The van der Waals surface area contributed by atoms with Gasteiger partial charge in [-0.2, -0.15) is 9.40 Å². The number of aryl methyl sites for hydroxylation is 1. The lowest BCUT2D eigenvalue weighted by Crippen LogP contribution is -2.53. The van der Waals surface area contributed by atoms with Crippen LogP contribution >= 0.6 is 0 Å². The number of aromatic nitrogens is 2. The van der Waals surface area contributed by atoms with Gasteiger partial charge >= 0.3 is 0 Å². The smallest absolute Gasteiger partial charge is 0.246 e. The van der Waals surface area contributed by atoms with Crippen molar-refractivity contribution < 1.29 is 13.2 Å². The van der Waals surface area contributed by atoms with E-state index in [9.17, 15) is 13.2 Å². The third kappa shape index (κ3) is 2.46. The SMILES string of the molecule is CCn1cc(S(=O)(=O)N2CCC[C@@]3(CC=CNC3=O)C2)cn1. The summed E-state index contributed by atoms with van der Waals surface area (Å²) in [5.74, 6) is -0.0841. The third-order valence-electron chi connectivity index (χ3n) is 4.44. The molecule has 0 unspecified atom stereocenters. The summed E-state index contributed by atoms with van der Waals surface area (Å²) in [4.78, 5) is 12.4. The number of hydrogen-bond donors (Lipinski definition) is 1. The van der Waals surface area contributed by atoms with Crippen molar-refractivity contribution in [1.82, 2.24) is 19.4 Å². The molecule has 0 saturated carbocycles. The van der Waals surface area contributed by atoms with Gasteiger partial charge < -0.3 is 5.32 Å². The van der Waals surface area contributed by atoms with Crippen LogP contribution in [0.1, 0.15) is 26.2 Å². The number of carbonyl (C=O) groups is 1. The van der Waals surface area contributed by atoms with Gasteiger partial charge in [0, 0.05) is 25.8 Å². The average Bonchev–Trinajstić information content (AvgIpc) is 3.00. The summed E-state index contributed by atoms with van der Waals surface area (Å²) >= 11 is 0. The Kier molecular flexibility index (Phi) is 3.82. The maximum absolute atomic E-state index is 12.8. The monoisotopic (exact) mass is 324 g/mol. The molecular weight excluding hydrogens is 304 g/mol. The molecule has 3 rings (SSSR count). The Morgan fingerprint density at radius 1 is 1.45 bits per heavy atom. The van der Waals surface area contributed by atoms with Crippen molar-refractivity contribution in [3.05, 3.63) is 24.7 Å². The standard InChI is InChI=1S/C14H20N4O3S/c1-2-17-10-12(9-16-17)22(20,21)18-8-4-6-14(11-18)5-3-7-15-13(14)19/h3,7,9-10H,2,4-6,8,11H2,1H3,(H,15,19)/t14-/m0/s1. The molecule has 1 N–H and O–H groups in total. The highest BCUT2D eigenvalue weighted by Gasteiger charge is 2.45. The predicted molar refractivity (Wildman–Crippen MR) is 80.2 cm³/mol. The van der Waals surface area contributed by atoms with Crippen LogP contribution in [0.3, 0.4) is 0 Å². The summed E-state index contributed by atoms with van der Waals surface area (Å²) in [6, 6.07) is 0. The normalized spacial score (nSPS) is 26.3. The number of allylic oxidation sites excluding steroid dienone is 1. The number of hydrogen-bond acceptors (Lipinski definition) is 4. The van der Waals surface area contributed by atoms with Gasteiger partial charge in [-0.15, -0.1) is 0 Å². The number of piperidine rings is 1. The molecular formula is C14H20N4O3S. The van der Waals surface area contributed by atoms with Crippen molar-refractivity contribution in [3.8, 4) is 0 Å². The Hall–Kier alpha value is -1.67. The van der Waals surface area contributed by atoms with E-state index in [1.807, 2.05) is 13.0 Å². The first kappa shape index (κ1) is 15.2. The van der Waals surface area contributed by atoms with E-state index in [0.717, 1.165) is 0 Å². The fraction of sp³-hybridized carbons (Fsp3) is 0.571. The van der Waals surface area contributed by atoms with E-state index >= 15 is 0 Å². The minimum atomic E-state index is -3.60. The summed E-state index contributed by atoms with van der Waals surface area (Å²) in [6.07, 6.45) is 8.42. The number of nitrogens with one attached hydrogen (secondary N) is 1. The molecule has 1 spiro atoms. The van der Waals surface area contributed by atoms with Crippen molar-refractivity contribution in [3.63, 3.8) is 0 Å². The van der Waals surface area contributed by atoms with E-state index in [2.05, 4.69) is 10.4 Å². The van der Waals surface area contributed by atoms with Crippen LogP contribution in [0.25, 0.3) is 0 Å². The maximum Gasteiger partial charge on any atom is 0.246 e. The van der Waals surface area contributed by atoms with Crippen molar-refractivity contribution >= 4 is 15.9 Å². The Labute approximate surface area is 130 Å². The molecule has 1 saturated heterocycles. The minimum absolute atomic E-state index is 0.0841. The summed E-state index contributed by atoms with van der Waals surface area (Å²) in [5, 5.41) is 6.75. The first-order valence-electron chi connectivity index (χ1n) is 7.46. The van der Waals surface area contributed by atoms with Crippen LogP contribution in [0.4, 0.5) is 0 Å². The lowest BCUT2D eigenvalue weighted by molar-refractivity contribution is -0.132. The van der Waals surface area contributed by atoms with Gasteiger partial charge in [0.2, 0.25) is 15.9 Å². The molecule has 1 atom stereocenters. The van der Waals surface area contributed by atoms with Crippen LogP contribution in [0.15, 0.2) is 29.6 Å². The largest absolute Gasteiger partial charge is 0.332 e. The van der Waals surface area contributed by atoms with E-state index in [4.69, 9.17) is 0 Å². The van der Waals surface area contributed by atoms with E-state index in [-0.39, 0.29) is 17.3 Å². The zero-order chi connectivity index (χ0) is 15.8. The second kappa shape index (κ2) is 5.51. The van der Waals surface area contributed by atoms with E-state index in [1.54, 1.807) is 10.9 Å². The van der Waals surface area contributed by atoms with Crippen LogP contribution in [0, 0.1) is 5.41 Å². The van der Waals surface area contributed by atoms with Crippen LogP contribution in [-0.4, -0.2) is 41.5 Å². The quantitative estimate of drug-likeness (QED) is 0.887. The third-order valence-corrected chi connectivity index (χ3v) is 6.23. The molecule has 0 aliphatic carbocycles. The maximum atomic E-state index is 12.8. The van der Waals surface area contributed by atoms with Crippen molar-refractivity contribution in [2.75, 3.05) is 13.1 Å². The van der Waals surface area contributed by atoms with Gasteiger partial charge in [-0.1, -0.05) is 6.08 Å². The Balaban J connectivity index is 1.88.